The number of nitrogen functional groups attached to an aromatic ring is 1. The van der Waals surface area contributed by atoms with Gasteiger partial charge in [0.15, 0.2) is 6.10 Å². The van der Waals surface area contributed by atoms with Crippen LogP contribution in [0.1, 0.15) is 5.69 Å². The summed E-state index contributed by atoms with van der Waals surface area (Å²) in [6, 6.07) is 9.95. The second-order valence-corrected chi connectivity index (χ2v) is 4.99. The van der Waals surface area contributed by atoms with E-state index in [1.54, 1.807) is 0 Å². The predicted octanol–water partition coefficient (Wildman–Crippen LogP) is 1.85. The number of pyridine rings is 1. The van der Waals surface area contributed by atoms with Crippen molar-refractivity contribution >= 4 is 22.3 Å². The van der Waals surface area contributed by atoms with Crippen LogP contribution in [0.4, 0.5) is 11.4 Å². The van der Waals surface area contributed by atoms with Gasteiger partial charge < -0.3 is 15.4 Å². The highest BCUT2D eigenvalue weighted by atomic mass is 16.5. The molecule has 2 heterocycles. The minimum absolute atomic E-state index is 0.381. The molecule has 1 saturated heterocycles. The number of hydrogen-bond acceptors (Lipinski definition) is 5. The van der Waals surface area contributed by atoms with Crippen molar-refractivity contribution in [3.8, 4) is 6.07 Å². The van der Waals surface area contributed by atoms with Crippen molar-refractivity contribution in [2.45, 2.75) is 13.0 Å². The summed E-state index contributed by atoms with van der Waals surface area (Å²) in [5.41, 5.74) is 9.56. The number of morpholine rings is 1. The molecule has 1 aliphatic rings. The lowest BCUT2D eigenvalue weighted by molar-refractivity contribution is 0.0765. The van der Waals surface area contributed by atoms with Crippen LogP contribution in [-0.4, -0.2) is 30.8 Å². The lowest BCUT2D eigenvalue weighted by Crippen LogP contribution is -2.42. The molecule has 1 aliphatic heterocycles. The van der Waals surface area contributed by atoms with Crippen LogP contribution in [0.3, 0.4) is 0 Å². The summed E-state index contributed by atoms with van der Waals surface area (Å²) in [5, 5.41) is 10.1. The molecule has 0 spiro atoms. The van der Waals surface area contributed by atoms with E-state index in [0.717, 1.165) is 34.5 Å². The topological polar surface area (TPSA) is 75.2 Å². The molecule has 0 radical (unpaired) electrons. The average molecular weight is 268 g/mol. The molecule has 0 aliphatic carbocycles. The quantitative estimate of drug-likeness (QED) is 0.799. The molecule has 1 atom stereocenters. The van der Waals surface area contributed by atoms with Crippen LogP contribution < -0.4 is 10.6 Å². The molecule has 2 N–H and O–H groups in total. The van der Waals surface area contributed by atoms with Crippen LogP contribution in [0, 0.1) is 18.3 Å². The summed E-state index contributed by atoms with van der Waals surface area (Å²) in [5.74, 6) is 0. The third kappa shape index (κ3) is 2.26. The van der Waals surface area contributed by atoms with Gasteiger partial charge in [-0.15, -0.1) is 0 Å². The highest BCUT2D eigenvalue weighted by molar-refractivity contribution is 5.94. The lowest BCUT2D eigenvalue weighted by atomic mass is 10.1. The fraction of sp³-hybridized carbons (Fsp3) is 0.333. The number of benzene rings is 1. The van der Waals surface area contributed by atoms with Gasteiger partial charge in [-0.2, -0.15) is 5.26 Å². The number of nitriles is 1. The van der Waals surface area contributed by atoms with E-state index >= 15 is 0 Å². The van der Waals surface area contributed by atoms with Gasteiger partial charge in [0.25, 0.3) is 0 Å². The molecule has 5 heteroatoms. The Balaban J connectivity index is 2.10. The van der Waals surface area contributed by atoms with E-state index in [9.17, 15) is 0 Å². The number of fused-ring (bicyclic) bond motifs is 1. The number of nitrogens with two attached hydrogens (primary N) is 1. The molecule has 1 unspecified atom stereocenters. The molecule has 1 aromatic carbocycles. The van der Waals surface area contributed by atoms with Crippen LogP contribution in [0.25, 0.3) is 10.9 Å². The fourth-order valence-electron chi connectivity index (χ4n) is 2.56. The van der Waals surface area contributed by atoms with E-state index in [4.69, 9.17) is 15.7 Å². The van der Waals surface area contributed by atoms with Crippen LogP contribution in [0.2, 0.25) is 0 Å². The zero-order valence-corrected chi connectivity index (χ0v) is 11.3. The van der Waals surface area contributed by atoms with Crippen LogP contribution in [0.5, 0.6) is 0 Å². The Morgan fingerprint density at radius 2 is 2.30 bits per heavy atom. The monoisotopic (exact) mass is 268 g/mol. The summed E-state index contributed by atoms with van der Waals surface area (Å²) in [4.78, 5) is 6.71. The summed E-state index contributed by atoms with van der Waals surface area (Å²) < 4.78 is 5.40. The maximum absolute atomic E-state index is 9.03. The predicted molar refractivity (Wildman–Crippen MR) is 78.5 cm³/mol. The molecule has 20 heavy (non-hydrogen) atoms. The first kappa shape index (κ1) is 12.7. The first-order valence-corrected chi connectivity index (χ1v) is 6.60. The van der Waals surface area contributed by atoms with Crippen molar-refractivity contribution in [2.24, 2.45) is 0 Å². The van der Waals surface area contributed by atoms with Gasteiger partial charge in [-0.25, -0.2) is 0 Å². The first-order valence-electron chi connectivity index (χ1n) is 6.60. The van der Waals surface area contributed by atoms with Crippen molar-refractivity contribution in [2.75, 3.05) is 30.3 Å². The standard InChI is InChI=1S/C15H16N4O/c1-10-6-15(19-4-5-20-12(8-16)9-19)13-7-11(17)2-3-14(13)18-10/h2-3,6-7,12H,4-5,9,17H2,1H3. The molecule has 1 fully saturated rings. The molecule has 2 aromatic rings. The van der Waals surface area contributed by atoms with E-state index in [0.29, 0.717) is 13.2 Å². The van der Waals surface area contributed by atoms with Crippen LogP contribution >= 0.6 is 0 Å². The van der Waals surface area contributed by atoms with Gasteiger partial charge in [0, 0.05) is 29.0 Å². The Hall–Kier alpha value is -2.32. The first-order chi connectivity index (χ1) is 9.67. The molecule has 0 bridgehead atoms. The Morgan fingerprint density at radius 1 is 1.45 bits per heavy atom. The third-order valence-electron chi connectivity index (χ3n) is 3.49. The van der Waals surface area contributed by atoms with Crippen LogP contribution in [0.15, 0.2) is 24.3 Å². The van der Waals surface area contributed by atoms with E-state index in [1.807, 2.05) is 31.2 Å². The zero-order valence-electron chi connectivity index (χ0n) is 11.3. The summed E-state index contributed by atoms with van der Waals surface area (Å²) >= 11 is 0. The van der Waals surface area contributed by atoms with Crippen LogP contribution in [-0.2, 0) is 4.74 Å². The maximum Gasteiger partial charge on any atom is 0.161 e. The van der Waals surface area contributed by atoms with Crippen molar-refractivity contribution < 1.29 is 4.74 Å². The SMILES string of the molecule is Cc1cc(N2CCOC(C#N)C2)c2cc(N)ccc2n1. The van der Waals surface area contributed by atoms with Crippen molar-refractivity contribution in [1.82, 2.24) is 4.98 Å². The zero-order chi connectivity index (χ0) is 14.1. The number of rotatable bonds is 1. The van der Waals surface area contributed by atoms with Gasteiger partial charge in [0.2, 0.25) is 0 Å². The number of nitrogens with zero attached hydrogens (tertiary/aromatic N) is 3. The largest absolute Gasteiger partial charge is 0.399 e. The number of anilines is 2. The molecular weight excluding hydrogens is 252 g/mol. The van der Waals surface area contributed by atoms with E-state index in [1.165, 1.54) is 0 Å². The highest BCUT2D eigenvalue weighted by Crippen LogP contribution is 2.29. The van der Waals surface area contributed by atoms with Gasteiger partial charge >= 0.3 is 0 Å². The normalized spacial score (nSPS) is 19.0. The number of ether oxygens (including phenoxy) is 1. The molecule has 102 valence electrons. The Labute approximate surface area is 117 Å². The van der Waals surface area contributed by atoms with Crippen molar-refractivity contribution in [3.05, 3.63) is 30.0 Å². The second kappa shape index (κ2) is 4.99. The molecule has 1 aromatic heterocycles. The number of aromatic nitrogens is 1. The fourth-order valence-corrected chi connectivity index (χ4v) is 2.56. The van der Waals surface area contributed by atoms with Gasteiger partial charge in [0.05, 0.1) is 24.7 Å². The Bertz CT molecular complexity index is 692. The molecular formula is C15H16N4O. The minimum atomic E-state index is -0.381. The molecule has 3 rings (SSSR count). The minimum Gasteiger partial charge on any atom is -0.399 e. The van der Waals surface area contributed by atoms with Gasteiger partial charge in [-0.3, -0.25) is 4.98 Å². The third-order valence-corrected chi connectivity index (χ3v) is 3.49. The summed E-state index contributed by atoms with van der Waals surface area (Å²) in [6.45, 7) is 3.88. The smallest absolute Gasteiger partial charge is 0.161 e. The van der Waals surface area contributed by atoms with Crippen molar-refractivity contribution in [1.29, 1.82) is 5.26 Å². The van der Waals surface area contributed by atoms with Gasteiger partial charge in [-0.05, 0) is 31.2 Å². The molecule has 0 saturated carbocycles. The number of hydrogen-bond donors (Lipinski definition) is 1. The summed E-state index contributed by atoms with van der Waals surface area (Å²) in [7, 11) is 0. The van der Waals surface area contributed by atoms with Crippen molar-refractivity contribution in [3.63, 3.8) is 0 Å². The van der Waals surface area contributed by atoms with E-state index in [-0.39, 0.29) is 6.10 Å². The van der Waals surface area contributed by atoms with Gasteiger partial charge in [0.1, 0.15) is 0 Å². The highest BCUT2D eigenvalue weighted by Gasteiger charge is 2.22. The van der Waals surface area contributed by atoms with Gasteiger partial charge in [-0.1, -0.05) is 0 Å². The summed E-state index contributed by atoms with van der Waals surface area (Å²) in [6.07, 6.45) is -0.381. The lowest BCUT2D eigenvalue weighted by Gasteiger charge is -2.32. The maximum atomic E-state index is 9.03. The van der Waals surface area contributed by atoms with E-state index in [2.05, 4.69) is 16.0 Å². The molecule has 0 amide bonds. The van der Waals surface area contributed by atoms with E-state index < -0.39 is 0 Å². The molecule has 5 nitrogen and oxygen atoms in total. The Morgan fingerprint density at radius 3 is 3.10 bits per heavy atom. The Kier molecular flexibility index (Phi) is 3.17. The average Bonchev–Trinajstić information content (AvgIpc) is 2.47. The number of aryl methyl sites for hydroxylation is 1. The second-order valence-electron chi connectivity index (χ2n) is 4.99.